The molecule has 0 saturated carbocycles. The maximum atomic E-state index is 11.9. The Hall–Kier alpha value is -2.32. The Morgan fingerprint density at radius 2 is 2.11 bits per heavy atom. The zero-order chi connectivity index (χ0) is 13.8. The third kappa shape index (κ3) is 2.75. The normalized spacial score (nSPS) is 9.89. The summed E-state index contributed by atoms with van der Waals surface area (Å²) in [6, 6.07) is 11.4. The van der Waals surface area contributed by atoms with Crippen LogP contribution in [0.4, 0.5) is 5.00 Å². The average Bonchev–Trinajstić information content (AvgIpc) is 2.72. The van der Waals surface area contributed by atoms with E-state index in [1.54, 1.807) is 6.92 Å². The van der Waals surface area contributed by atoms with E-state index in [0.29, 0.717) is 21.0 Å². The lowest BCUT2D eigenvalue weighted by Gasteiger charge is -2.03. The summed E-state index contributed by atoms with van der Waals surface area (Å²) in [5, 5.41) is 9.28. The summed E-state index contributed by atoms with van der Waals surface area (Å²) in [5.41, 5.74) is 7.55. The fraction of sp³-hybridized carbons (Fsp3) is 0.143. The first kappa shape index (κ1) is 13.1. The van der Waals surface area contributed by atoms with Crippen molar-refractivity contribution < 1.29 is 9.53 Å². The van der Waals surface area contributed by atoms with Crippen LogP contribution in [0.5, 0.6) is 0 Å². The summed E-state index contributed by atoms with van der Waals surface area (Å²) in [5.74, 6) is -0.445. The van der Waals surface area contributed by atoms with Crippen LogP contribution in [-0.2, 0) is 11.3 Å². The monoisotopic (exact) mass is 272 g/mol. The highest BCUT2D eigenvalue weighted by Gasteiger charge is 2.19. The quantitative estimate of drug-likeness (QED) is 0.872. The van der Waals surface area contributed by atoms with E-state index >= 15 is 0 Å². The van der Waals surface area contributed by atoms with Gasteiger partial charge in [-0.05, 0) is 18.1 Å². The topological polar surface area (TPSA) is 76.1 Å². The van der Waals surface area contributed by atoms with E-state index in [2.05, 4.69) is 0 Å². The largest absolute Gasteiger partial charge is 0.457 e. The minimum Gasteiger partial charge on any atom is -0.457 e. The Morgan fingerprint density at radius 3 is 2.68 bits per heavy atom. The summed E-state index contributed by atoms with van der Waals surface area (Å²) < 4.78 is 5.21. The number of hydrogen-bond donors (Lipinski definition) is 1. The standard InChI is InChI=1S/C14H12N2O2S/c1-9-11(7-15)13(16)19-12(9)14(17)18-8-10-5-3-2-4-6-10/h2-6H,8,16H2,1H3. The van der Waals surface area contributed by atoms with Crippen molar-refractivity contribution >= 4 is 22.3 Å². The van der Waals surface area contributed by atoms with Crippen LogP contribution in [0.15, 0.2) is 30.3 Å². The maximum absolute atomic E-state index is 11.9. The van der Waals surface area contributed by atoms with Crippen molar-refractivity contribution in [1.29, 1.82) is 5.26 Å². The van der Waals surface area contributed by atoms with Crippen molar-refractivity contribution in [1.82, 2.24) is 0 Å². The lowest BCUT2D eigenvalue weighted by Crippen LogP contribution is -2.04. The van der Waals surface area contributed by atoms with E-state index in [-0.39, 0.29) is 6.61 Å². The van der Waals surface area contributed by atoms with E-state index in [9.17, 15) is 4.79 Å². The van der Waals surface area contributed by atoms with Gasteiger partial charge < -0.3 is 10.5 Å². The summed E-state index contributed by atoms with van der Waals surface area (Å²) in [4.78, 5) is 12.3. The second-order valence-electron chi connectivity index (χ2n) is 3.97. The molecule has 0 atom stereocenters. The Balaban J connectivity index is 2.11. The highest BCUT2D eigenvalue weighted by Crippen LogP contribution is 2.30. The molecule has 1 heterocycles. The molecule has 0 aliphatic heterocycles. The first-order chi connectivity index (χ1) is 9.13. The number of nitrogens with zero attached hydrogens (tertiary/aromatic N) is 1. The van der Waals surface area contributed by atoms with Crippen LogP contribution in [-0.4, -0.2) is 5.97 Å². The second kappa shape index (κ2) is 5.55. The number of anilines is 1. The molecule has 96 valence electrons. The van der Waals surface area contributed by atoms with E-state index in [0.717, 1.165) is 16.9 Å². The molecule has 1 aromatic carbocycles. The van der Waals surface area contributed by atoms with Crippen molar-refractivity contribution in [2.24, 2.45) is 0 Å². The van der Waals surface area contributed by atoms with Crippen LogP contribution in [0.2, 0.25) is 0 Å². The van der Waals surface area contributed by atoms with Gasteiger partial charge in [0.05, 0.1) is 5.56 Å². The minimum atomic E-state index is -0.445. The molecule has 2 aromatic rings. The SMILES string of the molecule is Cc1c(C(=O)OCc2ccccc2)sc(N)c1C#N. The number of thiophene rings is 1. The summed E-state index contributed by atoms with van der Waals surface area (Å²) >= 11 is 1.09. The van der Waals surface area contributed by atoms with Crippen LogP contribution in [0, 0.1) is 18.3 Å². The van der Waals surface area contributed by atoms with Crippen LogP contribution in [0.25, 0.3) is 0 Å². The third-order valence-electron chi connectivity index (χ3n) is 2.68. The van der Waals surface area contributed by atoms with Crippen LogP contribution in [0.3, 0.4) is 0 Å². The number of ether oxygens (including phenoxy) is 1. The van der Waals surface area contributed by atoms with Crippen LogP contribution >= 0.6 is 11.3 Å². The number of nitrogen functional groups attached to an aromatic ring is 1. The Kier molecular flexibility index (Phi) is 3.83. The van der Waals surface area contributed by atoms with Gasteiger partial charge in [0.15, 0.2) is 0 Å². The van der Waals surface area contributed by atoms with Gasteiger partial charge in [-0.15, -0.1) is 11.3 Å². The van der Waals surface area contributed by atoms with Gasteiger partial charge in [0.1, 0.15) is 22.6 Å². The van der Waals surface area contributed by atoms with E-state index in [1.807, 2.05) is 36.4 Å². The molecule has 0 radical (unpaired) electrons. The zero-order valence-electron chi connectivity index (χ0n) is 10.3. The molecular weight excluding hydrogens is 260 g/mol. The van der Waals surface area contributed by atoms with E-state index < -0.39 is 5.97 Å². The molecule has 0 unspecified atom stereocenters. The summed E-state index contributed by atoms with van der Waals surface area (Å²) in [7, 11) is 0. The third-order valence-corrected chi connectivity index (χ3v) is 3.78. The molecular formula is C14H12N2O2S. The predicted octanol–water partition coefficient (Wildman–Crippen LogP) is 2.87. The Morgan fingerprint density at radius 1 is 1.42 bits per heavy atom. The van der Waals surface area contributed by atoms with Crippen molar-refractivity contribution in [3.05, 3.63) is 51.9 Å². The molecule has 1 aromatic heterocycles. The molecule has 0 bridgehead atoms. The van der Waals surface area contributed by atoms with Crippen molar-refractivity contribution in [2.45, 2.75) is 13.5 Å². The van der Waals surface area contributed by atoms with Crippen LogP contribution in [0.1, 0.15) is 26.4 Å². The van der Waals surface area contributed by atoms with Gasteiger partial charge in [0, 0.05) is 0 Å². The summed E-state index contributed by atoms with van der Waals surface area (Å²) in [6.45, 7) is 1.91. The fourth-order valence-electron chi connectivity index (χ4n) is 1.66. The first-order valence-corrected chi connectivity index (χ1v) is 6.45. The molecule has 0 aliphatic carbocycles. The van der Waals surface area contributed by atoms with Gasteiger partial charge in [-0.25, -0.2) is 4.79 Å². The number of rotatable bonds is 3. The minimum absolute atomic E-state index is 0.207. The van der Waals surface area contributed by atoms with Gasteiger partial charge in [-0.1, -0.05) is 30.3 Å². The summed E-state index contributed by atoms with van der Waals surface area (Å²) in [6.07, 6.45) is 0. The molecule has 0 aliphatic rings. The number of benzene rings is 1. The van der Waals surface area contributed by atoms with E-state index in [4.69, 9.17) is 15.7 Å². The van der Waals surface area contributed by atoms with Gasteiger partial charge in [0.25, 0.3) is 0 Å². The second-order valence-corrected chi connectivity index (χ2v) is 5.02. The lowest BCUT2D eigenvalue weighted by atomic mass is 10.2. The number of nitrogens with two attached hydrogens (primary N) is 1. The molecule has 4 nitrogen and oxygen atoms in total. The van der Waals surface area contributed by atoms with Crippen molar-refractivity contribution in [2.75, 3.05) is 5.73 Å². The van der Waals surface area contributed by atoms with Crippen LogP contribution < -0.4 is 5.73 Å². The maximum Gasteiger partial charge on any atom is 0.349 e. The van der Waals surface area contributed by atoms with Crippen molar-refractivity contribution in [3.8, 4) is 6.07 Å². The average molecular weight is 272 g/mol. The first-order valence-electron chi connectivity index (χ1n) is 5.63. The number of carbonyl (C=O) groups excluding carboxylic acids is 1. The molecule has 0 spiro atoms. The molecule has 0 fully saturated rings. The number of carbonyl (C=O) groups is 1. The number of nitriles is 1. The van der Waals surface area contributed by atoms with Gasteiger partial charge in [0.2, 0.25) is 0 Å². The van der Waals surface area contributed by atoms with Gasteiger partial charge in [-0.3, -0.25) is 0 Å². The molecule has 5 heteroatoms. The lowest BCUT2D eigenvalue weighted by molar-refractivity contribution is 0.0478. The van der Waals surface area contributed by atoms with Crippen molar-refractivity contribution in [3.63, 3.8) is 0 Å². The fourth-order valence-corrected chi connectivity index (χ4v) is 2.58. The zero-order valence-corrected chi connectivity index (χ0v) is 11.2. The smallest absolute Gasteiger partial charge is 0.349 e. The predicted molar refractivity (Wildman–Crippen MR) is 73.7 cm³/mol. The Labute approximate surface area is 115 Å². The number of hydrogen-bond acceptors (Lipinski definition) is 5. The van der Waals surface area contributed by atoms with Gasteiger partial charge in [-0.2, -0.15) is 5.26 Å². The Bertz CT molecular complexity index is 641. The van der Waals surface area contributed by atoms with E-state index in [1.165, 1.54) is 0 Å². The molecule has 19 heavy (non-hydrogen) atoms. The molecule has 2 rings (SSSR count). The number of esters is 1. The highest BCUT2D eigenvalue weighted by atomic mass is 32.1. The van der Waals surface area contributed by atoms with Gasteiger partial charge >= 0.3 is 5.97 Å². The molecule has 0 amide bonds. The highest BCUT2D eigenvalue weighted by molar-refractivity contribution is 7.18. The molecule has 0 saturated heterocycles. The molecule has 2 N–H and O–H groups in total.